The molecule has 0 aromatic heterocycles. The number of likely N-dealkylation sites (N-methyl/N-ethyl adjacent to an activating group) is 2. The fourth-order valence-electron chi connectivity index (χ4n) is 2.69. The molecule has 0 aliphatic carbocycles. The predicted molar refractivity (Wildman–Crippen MR) is 119 cm³/mol. The van der Waals surface area contributed by atoms with Gasteiger partial charge in [0.15, 0.2) is 5.96 Å². The minimum Gasteiger partial charge on any atom is -0.357 e. The van der Waals surface area contributed by atoms with Crippen molar-refractivity contribution < 1.29 is 0 Å². The number of benzene rings is 1. The average Bonchev–Trinajstić information content (AvgIpc) is 2.54. The summed E-state index contributed by atoms with van der Waals surface area (Å²) in [5, 5.41) is 8.02. The Kier molecular flexibility index (Phi) is 10.4. The first-order chi connectivity index (χ1) is 11.5. The fraction of sp³-hybridized carbons (Fsp3) is 0.588. The molecule has 0 bridgehead atoms. The quantitative estimate of drug-likeness (QED) is 0.371. The van der Waals surface area contributed by atoms with Crippen LogP contribution < -0.4 is 10.6 Å². The lowest BCUT2D eigenvalue weighted by Crippen LogP contribution is -2.55. The number of aliphatic imine (C=N–C) groups is 1. The highest BCUT2D eigenvalue weighted by Crippen LogP contribution is 2.21. The number of guanidine groups is 1. The smallest absolute Gasteiger partial charge is 0.191 e. The molecule has 2 rings (SSSR count). The summed E-state index contributed by atoms with van der Waals surface area (Å²) in [5.74, 6) is 0.810. The van der Waals surface area contributed by atoms with Crippen molar-refractivity contribution in [3.63, 3.8) is 0 Å². The van der Waals surface area contributed by atoms with Crippen LogP contribution in [0, 0.1) is 0 Å². The van der Waals surface area contributed by atoms with E-state index in [0.717, 1.165) is 44.2 Å². The molecule has 1 aromatic carbocycles. The molecule has 5 nitrogen and oxygen atoms in total. The molecule has 1 aromatic rings. The summed E-state index contributed by atoms with van der Waals surface area (Å²) in [6, 6.07) is 5.99. The SMILES string of the molecule is CCNC(=NCc1ccc(Cl)cc1Cl)NCC1CN(C)CCN1C.I. The lowest BCUT2D eigenvalue weighted by Gasteiger charge is -2.37. The Bertz CT molecular complexity index is 570. The summed E-state index contributed by atoms with van der Waals surface area (Å²) in [6.45, 7) is 7.54. The molecule has 0 saturated carbocycles. The molecule has 1 fully saturated rings. The number of piperazine rings is 1. The highest BCUT2D eigenvalue weighted by molar-refractivity contribution is 14.0. The standard InChI is InChI=1S/C17H27Cl2N5.HI/c1-4-20-17(21-10-13-5-6-14(18)9-16(13)19)22-11-15-12-23(2)7-8-24(15)3;/h5-6,9,15H,4,7-8,10-12H2,1-3H3,(H2,20,21,22);1H. The van der Waals surface area contributed by atoms with E-state index in [9.17, 15) is 0 Å². The summed E-state index contributed by atoms with van der Waals surface area (Å²) >= 11 is 12.2. The first-order valence-corrected chi connectivity index (χ1v) is 9.10. The van der Waals surface area contributed by atoms with Gasteiger partial charge in [0.2, 0.25) is 0 Å². The van der Waals surface area contributed by atoms with Crippen molar-refractivity contribution in [2.24, 2.45) is 4.99 Å². The van der Waals surface area contributed by atoms with Gasteiger partial charge in [-0.15, -0.1) is 24.0 Å². The summed E-state index contributed by atoms with van der Waals surface area (Å²) < 4.78 is 0. The van der Waals surface area contributed by atoms with Crippen molar-refractivity contribution in [1.82, 2.24) is 20.4 Å². The third-order valence-electron chi connectivity index (χ3n) is 4.25. The van der Waals surface area contributed by atoms with E-state index in [-0.39, 0.29) is 24.0 Å². The van der Waals surface area contributed by atoms with Crippen molar-refractivity contribution >= 4 is 53.1 Å². The minimum atomic E-state index is 0. The molecule has 0 radical (unpaired) electrons. The van der Waals surface area contributed by atoms with Gasteiger partial charge in [0.05, 0.1) is 6.54 Å². The van der Waals surface area contributed by atoms with Crippen LogP contribution in [0.5, 0.6) is 0 Å². The molecular formula is C17H28Cl2IN5. The molecule has 1 aliphatic rings. The van der Waals surface area contributed by atoms with E-state index in [1.54, 1.807) is 6.07 Å². The van der Waals surface area contributed by atoms with Gasteiger partial charge in [-0.25, -0.2) is 4.99 Å². The van der Waals surface area contributed by atoms with Crippen LogP contribution in [0.3, 0.4) is 0 Å². The van der Waals surface area contributed by atoms with Gasteiger partial charge in [0, 0.05) is 48.8 Å². The highest BCUT2D eigenvalue weighted by Gasteiger charge is 2.22. The van der Waals surface area contributed by atoms with E-state index in [1.807, 2.05) is 12.1 Å². The van der Waals surface area contributed by atoms with Gasteiger partial charge in [-0.3, -0.25) is 4.90 Å². The van der Waals surface area contributed by atoms with Crippen LogP contribution >= 0.6 is 47.2 Å². The molecule has 0 amide bonds. The predicted octanol–water partition coefficient (Wildman–Crippen LogP) is 2.91. The normalized spacial score (nSPS) is 19.4. The van der Waals surface area contributed by atoms with E-state index in [4.69, 9.17) is 23.2 Å². The maximum absolute atomic E-state index is 6.22. The Labute approximate surface area is 178 Å². The first kappa shape index (κ1) is 22.8. The lowest BCUT2D eigenvalue weighted by atomic mass is 10.2. The van der Waals surface area contributed by atoms with Gasteiger partial charge >= 0.3 is 0 Å². The maximum atomic E-state index is 6.22. The summed E-state index contributed by atoms with van der Waals surface area (Å²) in [5.41, 5.74) is 0.966. The molecule has 1 unspecified atom stereocenters. The van der Waals surface area contributed by atoms with E-state index in [2.05, 4.69) is 46.4 Å². The number of halogens is 3. The fourth-order valence-corrected chi connectivity index (χ4v) is 3.16. The van der Waals surface area contributed by atoms with Crippen LogP contribution in [0.2, 0.25) is 10.0 Å². The zero-order valence-corrected chi connectivity index (χ0v) is 18.9. The Morgan fingerprint density at radius 3 is 2.68 bits per heavy atom. The van der Waals surface area contributed by atoms with Crippen LogP contribution in [0.25, 0.3) is 0 Å². The second-order valence-electron chi connectivity index (χ2n) is 6.21. The Balaban J connectivity index is 0.00000312. The summed E-state index contributed by atoms with van der Waals surface area (Å²) in [6.07, 6.45) is 0. The number of hydrogen-bond donors (Lipinski definition) is 2. The van der Waals surface area contributed by atoms with E-state index >= 15 is 0 Å². The molecule has 1 saturated heterocycles. The van der Waals surface area contributed by atoms with Gasteiger partial charge < -0.3 is 15.5 Å². The maximum Gasteiger partial charge on any atom is 0.191 e. The minimum absolute atomic E-state index is 0. The topological polar surface area (TPSA) is 42.9 Å². The van der Waals surface area contributed by atoms with Crippen LogP contribution in [-0.2, 0) is 6.54 Å². The van der Waals surface area contributed by atoms with Gasteiger partial charge in [-0.1, -0.05) is 29.3 Å². The van der Waals surface area contributed by atoms with Crippen LogP contribution in [-0.4, -0.2) is 68.6 Å². The lowest BCUT2D eigenvalue weighted by molar-refractivity contribution is 0.116. The number of nitrogens with one attached hydrogen (secondary N) is 2. The molecular weight excluding hydrogens is 472 g/mol. The van der Waals surface area contributed by atoms with Crippen molar-refractivity contribution in [2.45, 2.75) is 19.5 Å². The summed E-state index contributed by atoms with van der Waals surface area (Å²) in [7, 11) is 4.35. The largest absolute Gasteiger partial charge is 0.357 e. The average molecular weight is 500 g/mol. The number of nitrogens with zero attached hydrogens (tertiary/aromatic N) is 3. The van der Waals surface area contributed by atoms with Crippen LogP contribution in [0.15, 0.2) is 23.2 Å². The zero-order valence-electron chi connectivity index (χ0n) is 15.1. The third-order valence-corrected chi connectivity index (χ3v) is 4.84. The Hall–Kier alpha value is -0.280. The van der Waals surface area contributed by atoms with Crippen LogP contribution in [0.4, 0.5) is 0 Å². The number of rotatable bonds is 5. The number of hydrogen-bond acceptors (Lipinski definition) is 3. The van der Waals surface area contributed by atoms with Crippen LogP contribution in [0.1, 0.15) is 12.5 Å². The monoisotopic (exact) mass is 499 g/mol. The second kappa shape index (κ2) is 11.4. The van der Waals surface area contributed by atoms with Crippen molar-refractivity contribution in [3.8, 4) is 0 Å². The molecule has 8 heteroatoms. The van der Waals surface area contributed by atoms with Crippen molar-refractivity contribution in [1.29, 1.82) is 0 Å². The second-order valence-corrected chi connectivity index (χ2v) is 7.05. The molecule has 0 spiro atoms. The molecule has 2 N–H and O–H groups in total. The third kappa shape index (κ3) is 7.46. The van der Waals surface area contributed by atoms with Gasteiger partial charge in [-0.2, -0.15) is 0 Å². The van der Waals surface area contributed by atoms with Crippen molar-refractivity contribution in [2.75, 3.05) is 46.8 Å². The molecule has 25 heavy (non-hydrogen) atoms. The first-order valence-electron chi connectivity index (χ1n) is 8.34. The Morgan fingerprint density at radius 2 is 2.00 bits per heavy atom. The van der Waals surface area contributed by atoms with Gasteiger partial charge in [0.1, 0.15) is 0 Å². The molecule has 1 atom stereocenters. The van der Waals surface area contributed by atoms with Gasteiger partial charge in [0.25, 0.3) is 0 Å². The van der Waals surface area contributed by atoms with Crippen molar-refractivity contribution in [3.05, 3.63) is 33.8 Å². The highest BCUT2D eigenvalue weighted by atomic mass is 127. The Morgan fingerprint density at radius 1 is 1.24 bits per heavy atom. The zero-order chi connectivity index (χ0) is 17.5. The molecule has 1 aliphatic heterocycles. The van der Waals surface area contributed by atoms with E-state index < -0.39 is 0 Å². The van der Waals surface area contributed by atoms with E-state index in [0.29, 0.717) is 22.6 Å². The molecule has 1 heterocycles. The molecule has 142 valence electrons. The van der Waals surface area contributed by atoms with E-state index in [1.165, 1.54) is 0 Å². The summed E-state index contributed by atoms with van der Waals surface area (Å²) in [4.78, 5) is 9.40. The van der Waals surface area contributed by atoms with Gasteiger partial charge in [-0.05, 0) is 38.7 Å².